The van der Waals surface area contributed by atoms with Crippen LogP contribution in [0.2, 0.25) is 0 Å². The van der Waals surface area contributed by atoms with Gasteiger partial charge in [0.15, 0.2) is 0 Å². The van der Waals surface area contributed by atoms with Gasteiger partial charge in [-0.25, -0.2) is 4.39 Å². The minimum Gasteiger partial charge on any atom is -0.352 e. The summed E-state index contributed by atoms with van der Waals surface area (Å²) in [6, 6.07) is 15.2. The molecule has 0 saturated carbocycles. The molecule has 2 fully saturated rings. The second-order valence-electron chi connectivity index (χ2n) is 8.72. The van der Waals surface area contributed by atoms with Crippen LogP contribution < -0.4 is 5.32 Å². The third kappa shape index (κ3) is 5.89. The number of carbonyl (C=O) groups is 1. The molecule has 4 nitrogen and oxygen atoms in total. The second-order valence-corrected chi connectivity index (χ2v) is 8.72. The van der Waals surface area contributed by atoms with E-state index in [0.29, 0.717) is 6.54 Å². The highest BCUT2D eigenvalue weighted by atomic mass is 19.1. The van der Waals surface area contributed by atoms with Crippen molar-refractivity contribution in [2.75, 3.05) is 26.2 Å². The number of likely N-dealkylation sites (tertiary alicyclic amines) is 2. The van der Waals surface area contributed by atoms with E-state index in [-0.39, 0.29) is 17.6 Å². The molecular weight excluding hydrogens is 377 g/mol. The van der Waals surface area contributed by atoms with Crippen molar-refractivity contribution in [3.8, 4) is 0 Å². The van der Waals surface area contributed by atoms with Crippen molar-refractivity contribution in [2.45, 2.75) is 45.3 Å². The Morgan fingerprint density at radius 3 is 2.40 bits per heavy atom. The van der Waals surface area contributed by atoms with Gasteiger partial charge in [-0.2, -0.15) is 0 Å². The Morgan fingerprint density at radius 2 is 1.60 bits per heavy atom. The molecule has 160 valence electrons. The van der Waals surface area contributed by atoms with E-state index >= 15 is 0 Å². The summed E-state index contributed by atoms with van der Waals surface area (Å²) in [5, 5.41) is 3.15. The van der Waals surface area contributed by atoms with Crippen LogP contribution in [-0.4, -0.2) is 41.9 Å². The molecule has 0 aromatic heterocycles. The SMILES string of the molecule is O=C(NCc1cccc(CN2CCCC2)c1)[C@@H]1CCCN(Cc2ccc(F)cc2)C1. The highest BCUT2D eigenvalue weighted by Crippen LogP contribution is 2.19. The van der Waals surface area contributed by atoms with Crippen LogP contribution in [-0.2, 0) is 24.4 Å². The molecule has 30 heavy (non-hydrogen) atoms. The Morgan fingerprint density at radius 1 is 0.900 bits per heavy atom. The Balaban J connectivity index is 1.26. The maximum atomic E-state index is 13.1. The first kappa shape index (κ1) is 21.0. The molecule has 0 bridgehead atoms. The predicted octanol–water partition coefficient (Wildman–Crippen LogP) is 3.95. The van der Waals surface area contributed by atoms with E-state index in [9.17, 15) is 9.18 Å². The molecule has 2 aliphatic rings. The molecule has 2 aromatic rings. The van der Waals surface area contributed by atoms with Crippen molar-refractivity contribution >= 4 is 5.91 Å². The number of benzene rings is 2. The predicted molar refractivity (Wildman–Crippen MR) is 117 cm³/mol. The van der Waals surface area contributed by atoms with Crippen molar-refractivity contribution in [1.82, 2.24) is 15.1 Å². The smallest absolute Gasteiger partial charge is 0.224 e. The molecule has 0 aliphatic carbocycles. The summed E-state index contributed by atoms with van der Waals surface area (Å²) in [7, 11) is 0. The van der Waals surface area contributed by atoms with E-state index < -0.39 is 0 Å². The molecule has 1 amide bonds. The van der Waals surface area contributed by atoms with Crippen molar-refractivity contribution < 1.29 is 9.18 Å². The first-order chi connectivity index (χ1) is 14.7. The van der Waals surface area contributed by atoms with Crippen LogP contribution in [0.3, 0.4) is 0 Å². The monoisotopic (exact) mass is 409 g/mol. The molecule has 2 aromatic carbocycles. The Bertz CT molecular complexity index is 833. The number of halogens is 1. The average molecular weight is 410 g/mol. The molecule has 5 heteroatoms. The van der Waals surface area contributed by atoms with Crippen LogP contribution >= 0.6 is 0 Å². The van der Waals surface area contributed by atoms with E-state index in [1.165, 1.54) is 49.2 Å². The van der Waals surface area contributed by atoms with E-state index in [1.54, 1.807) is 0 Å². The van der Waals surface area contributed by atoms with Gasteiger partial charge in [0.2, 0.25) is 5.91 Å². The lowest BCUT2D eigenvalue weighted by Gasteiger charge is -2.32. The zero-order valence-corrected chi connectivity index (χ0v) is 17.7. The van der Waals surface area contributed by atoms with Gasteiger partial charge in [0.1, 0.15) is 5.82 Å². The lowest BCUT2D eigenvalue weighted by molar-refractivity contribution is -0.126. The van der Waals surface area contributed by atoms with Gasteiger partial charge >= 0.3 is 0 Å². The first-order valence-corrected chi connectivity index (χ1v) is 11.2. The van der Waals surface area contributed by atoms with E-state index in [1.807, 2.05) is 12.1 Å². The van der Waals surface area contributed by atoms with Crippen molar-refractivity contribution in [1.29, 1.82) is 0 Å². The number of piperidine rings is 1. The standard InChI is InChI=1S/C25H32FN3O/c26-24-10-8-20(9-11-24)17-29-14-4-7-23(19-29)25(30)27-16-21-5-3-6-22(15-21)18-28-12-1-2-13-28/h3,5-6,8-11,15,23H,1-2,4,7,12-14,16-19H2,(H,27,30)/t23-/m1/s1. The summed E-state index contributed by atoms with van der Waals surface area (Å²) >= 11 is 0. The van der Waals surface area contributed by atoms with E-state index in [4.69, 9.17) is 0 Å². The molecule has 0 unspecified atom stereocenters. The number of hydrogen-bond acceptors (Lipinski definition) is 3. The van der Waals surface area contributed by atoms with Gasteiger partial charge in [-0.15, -0.1) is 0 Å². The fraction of sp³-hybridized carbons (Fsp3) is 0.480. The van der Waals surface area contributed by atoms with Crippen LogP contribution in [0, 0.1) is 11.7 Å². The number of hydrogen-bond donors (Lipinski definition) is 1. The third-order valence-corrected chi connectivity index (χ3v) is 6.26. The van der Waals surface area contributed by atoms with Gasteiger partial charge in [0.05, 0.1) is 5.92 Å². The summed E-state index contributed by atoms with van der Waals surface area (Å²) in [6.07, 6.45) is 4.55. The normalized spacial score (nSPS) is 20.4. The van der Waals surface area contributed by atoms with Gasteiger partial charge in [0, 0.05) is 26.2 Å². The molecule has 2 heterocycles. The van der Waals surface area contributed by atoms with Crippen LogP contribution in [0.25, 0.3) is 0 Å². The van der Waals surface area contributed by atoms with Gasteiger partial charge in [-0.05, 0) is 74.1 Å². The summed E-state index contributed by atoms with van der Waals surface area (Å²) in [6.45, 7) is 6.48. The third-order valence-electron chi connectivity index (χ3n) is 6.26. The van der Waals surface area contributed by atoms with Gasteiger partial charge < -0.3 is 5.32 Å². The molecule has 1 N–H and O–H groups in total. The van der Waals surface area contributed by atoms with Crippen molar-refractivity contribution in [2.24, 2.45) is 5.92 Å². The molecular formula is C25H32FN3O. The molecule has 0 spiro atoms. The summed E-state index contributed by atoms with van der Waals surface area (Å²) in [5.41, 5.74) is 3.58. The number of nitrogens with zero attached hydrogens (tertiary/aromatic N) is 2. The molecule has 4 rings (SSSR count). The van der Waals surface area contributed by atoms with Crippen LogP contribution in [0.15, 0.2) is 48.5 Å². The lowest BCUT2D eigenvalue weighted by atomic mass is 9.96. The lowest BCUT2D eigenvalue weighted by Crippen LogP contribution is -2.42. The Kier molecular flexibility index (Phi) is 7.13. The van der Waals surface area contributed by atoms with Crippen molar-refractivity contribution in [3.63, 3.8) is 0 Å². The quantitative estimate of drug-likeness (QED) is 0.752. The topological polar surface area (TPSA) is 35.6 Å². The fourth-order valence-electron chi connectivity index (χ4n) is 4.63. The van der Waals surface area contributed by atoms with Gasteiger partial charge in [-0.3, -0.25) is 14.6 Å². The van der Waals surface area contributed by atoms with Gasteiger partial charge in [0.25, 0.3) is 0 Å². The second kappa shape index (κ2) is 10.2. The largest absolute Gasteiger partial charge is 0.352 e. The highest BCUT2D eigenvalue weighted by molar-refractivity contribution is 5.79. The number of rotatable bonds is 7. The molecule has 2 aliphatic heterocycles. The zero-order valence-electron chi connectivity index (χ0n) is 17.7. The van der Waals surface area contributed by atoms with E-state index in [0.717, 1.165) is 44.6 Å². The number of amides is 1. The Hall–Kier alpha value is -2.24. The number of nitrogens with one attached hydrogen (secondary N) is 1. The minimum atomic E-state index is -0.209. The summed E-state index contributed by atoms with van der Waals surface area (Å²) in [4.78, 5) is 17.6. The zero-order chi connectivity index (χ0) is 20.8. The van der Waals surface area contributed by atoms with Gasteiger partial charge in [-0.1, -0.05) is 36.4 Å². The van der Waals surface area contributed by atoms with E-state index in [2.05, 4.69) is 39.4 Å². The van der Waals surface area contributed by atoms with Crippen LogP contribution in [0.4, 0.5) is 4.39 Å². The first-order valence-electron chi connectivity index (χ1n) is 11.2. The Labute approximate surface area is 179 Å². The molecule has 1 atom stereocenters. The summed E-state index contributed by atoms with van der Waals surface area (Å²) in [5.74, 6) is -0.0464. The van der Waals surface area contributed by atoms with Crippen LogP contribution in [0.1, 0.15) is 42.4 Å². The molecule has 0 radical (unpaired) electrons. The average Bonchev–Trinajstić information content (AvgIpc) is 3.27. The number of carbonyl (C=O) groups excluding carboxylic acids is 1. The highest BCUT2D eigenvalue weighted by Gasteiger charge is 2.25. The van der Waals surface area contributed by atoms with Crippen LogP contribution in [0.5, 0.6) is 0 Å². The fourth-order valence-corrected chi connectivity index (χ4v) is 4.63. The minimum absolute atomic E-state index is 0.0204. The summed E-state index contributed by atoms with van der Waals surface area (Å²) < 4.78 is 13.1. The maximum absolute atomic E-state index is 13.1. The van der Waals surface area contributed by atoms with Crippen molar-refractivity contribution in [3.05, 3.63) is 71.0 Å². The maximum Gasteiger partial charge on any atom is 0.224 e. The molecule has 2 saturated heterocycles.